The Balaban J connectivity index is 1.81. The van der Waals surface area contributed by atoms with Crippen LogP contribution in [-0.2, 0) is 16.8 Å². The van der Waals surface area contributed by atoms with Gasteiger partial charge in [-0.1, -0.05) is 44.2 Å². The molecule has 1 aliphatic rings. The van der Waals surface area contributed by atoms with E-state index in [1.165, 1.54) is 6.07 Å². The predicted octanol–water partition coefficient (Wildman–Crippen LogP) is 3.82. The summed E-state index contributed by atoms with van der Waals surface area (Å²) in [5.41, 5.74) is 2.38. The van der Waals surface area contributed by atoms with Crippen molar-refractivity contribution < 1.29 is 19.4 Å². The van der Waals surface area contributed by atoms with Crippen LogP contribution in [0.5, 0.6) is 0 Å². The van der Waals surface area contributed by atoms with Crippen molar-refractivity contribution in [3.05, 3.63) is 65.2 Å². The van der Waals surface area contributed by atoms with Crippen LogP contribution in [0, 0.1) is 0 Å². The number of benzene rings is 2. The Kier molecular flexibility index (Phi) is 4.01. The van der Waals surface area contributed by atoms with Crippen LogP contribution in [0.4, 0.5) is 10.5 Å². The lowest BCUT2D eigenvalue weighted by Gasteiger charge is -2.20. The number of nitrogens with zero attached hydrogens (tertiary/aromatic N) is 1. The molecule has 2 aromatic rings. The first kappa shape index (κ1) is 16.1. The summed E-state index contributed by atoms with van der Waals surface area (Å²) in [4.78, 5) is 25.2. The fraction of sp³-hybridized carbons (Fsp3) is 0.263. The minimum absolute atomic E-state index is 0.207. The van der Waals surface area contributed by atoms with E-state index in [0.29, 0.717) is 12.2 Å². The maximum Gasteiger partial charge on any atom is 0.414 e. The van der Waals surface area contributed by atoms with Crippen molar-refractivity contribution in [2.24, 2.45) is 0 Å². The number of fused-ring (bicyclic) bond motifs is 1. The van der Waals surface area contributed by atoms with Crippen LogP contribution >= 0.6 is 0 Å². The molecule has 1 N–H and O–H groups in total. The van der Waals surface area contributed by atoms with Crippen molar-refractivity contribution in [1.29, 1.82) is 0 Å². The highest BCUT2D eigenvalue weighted by Crippen LogP contribution is 2.41. The molecule has 0 atom stereocenters. The molecule has 0 spiro atoms. The molecule has 0 saturated heterocycles. The van der Waals surface area contributed by atoms with Gasteiger partial charge in [0.15, 0.2) is 0 Å². The topological polar surface area (TPSA) is 66.8 Å². The van der Waals surface area contributed by atoms with Gasteiger partial charge in [-0.15, -0.1) is 0 Å². The first-order chi connectivity index (χ1) is 11.4. The van der Waals surface area contributed by atoms with Gasteiger partial charge in [-0.3, -0.25) is 4.90 Å². The molecule has 0 radical (unpaired) electrons. The molecular weight excluding hydrogens is 306 g/mol. The number of carbonyl (C=O) groups excluding carboxylic acids is 1. The number of amides is 1. The third kappa shape index (κ3) is 2.97. The van der Waals surface area contributed by atoms with Gasteiger partial charge in [-0.2, -0.15) is 0 Å². The summed E-state index contributed by atoms with van der Waals surface area (Å²) in [5, 5.41) is 9.17. The average molecular weight is 325 g/mol. The number of hydrogen-bond acceptors (Lipinski definition) is 3. The van der Waals surface area contributed by atoms with Gasteiger partial charge in [0.05, 0.1) is 11.3 Å². The van der Waals surface area contributed by atoms with E-state index in [1.807, 2.05) is 44.2 Å². The van der Waals surface area contributed by atoms with E-state index in [9.17, 15) is 9.59 Å². The molecule has 0 aliphatic carbocycles. The van der Waals surface area contributed by atoms with Crippen LogP contribution in [0.3, 0.4) is 0 Å². The smallest absolute Gasteiger partial charge is 0.414 e. The number of rotatable bonds is 3. The SMILES string of the molecule is CC1(C)CN(C(=O)OCc2ccccc2)c2ccc(C(=O)O)cc21. The minimum Gasteiger partial charge on any atom is -0.478 e. The molecule has 0 unspecified atom stereocenters. The summed E-state index contributed by atoms with van der Waals surface area (Å²) in [6, 6.07) is 14.3. The van der Waals surface area contributed by atoms with Gasteiger partial charge in [-0.25, -0.2) is 9.59 Å². The normalized spacial score (nSPS) is 15.0. The standard InChI is InChI=1S/C19H19NO4/c1-19(2)12-20(16-9-8-14(17(21)22)10-15(16)19)18(23)24-11-13-6-4-3-5-7-13/h3-10H,11-12H2,1-2H3,(H,21,22). The lowest BCUT2D eigenvalue weighted by molar-refractivity contribution is 0.0696. The summed E-state index contributed by atoms with van der Waals surface area (Å²) >= 11 is 0. The Labute approximate surface area is 140 Å². The molecule has 124 valence electrons. The highest BCUT2D eigenvalue weighted by Gasteiger charge is 2.39. The van der Waals surface area contributed by atoms with E-state index < -0.39 is 12.1 Å². The third-order valence-corrected chi connectivity index (χ3v) is 4.24. The number of hydrogen-bond donors (Lipinski definition) is 1. The molecule has 0 aromatic heterocycles. The second kappa shape index (κ2) is 6.00. The Morgan fingerprint density at radius 3 is 2.54 bits per heavy atom. The molecule has 0 fully saturated rings. The molecule has 1 aliphatic heterocycles. The Bertz CT molecular complexity index is 783. The molecular formula is C19H19NO4. The quantitative estimate of drug-likeness (QED) is 0.931. The summed E-state index contributed by atoms with van der Waals surface area (Å²) in [6.45, 7) is 4.64. The van der Waals surface area contributed by atoms with Crippen molar-refractivity contribution in [1.82, 2.24) is 0 Å². The van der Waals surface area contributed by atoms with Crippen molar-refractivity contribution in [2.75, 3.05) is 11.4 Å². The molecule has 2 aromatic carbocycles. The number of anilines is 1. The lowest BCUT2D eigenvalue weighted by atomic mass is 9.86. The summed E-state index contributed by atoms with van der Waals surface area (Å²) in [7, 11) is 0. The molecule has 0 bridgehead atoms. The maximum atomic E-state index is 12.5. The van der Waals surface area contributed by atoms with E-state index in [4.69, 9.17) is 9.84 Å². The monoisotopic (exact) mass is 325 g/mol. The van der Waals surface area contributed by atoms with Gasteiger partial charge in [-0.05, 0) is 29.3 Å². The molecule has 0 saturated carbocycles. The van der Waals surface area contributed by atoms with Crippen LogP contribution in [0.15, 0.2) is 48.5 Å². The minimum atomic E-state index is -0.973. The van der Waals surface area contributed by atoms with E-state index in [0.717, 1.165) is 11.1 Å². The van der Waals surface area contributed by atoms with Crippen molar-refractivity contribution in [2.45, 2.75) is 25.9 Å². The van der Waals surface area contributed by atoms with Crippen molar-refractivity contribution >= 4 is 17.7 Å². The molecule has 24 heavy (non-hydrogen) atoms. The van der Waals surface area contributed by atoms with E-state index >= 15 is 0 Å². The second-order valence-electron chi connectivity index (χ2n) is 6.55. The average Bonchev–Trinajstić information content (AvgIpc) is 2.84. The summed E-state index contributed by atoms with van der Waals surface area (Å²) in [5.74, 6) is -0.973. The number of carboxylic acids is 1. The highest BCUT2D eigenvalue weighted by atomic mass is 16.6. The first-order valence-electron chi connectivity index (χ1n) is 7.74. The van der Waals surface area contributed by atoms with Crippen LogP contribution < -0.4 is 4.90 Å². The Hall–Kier alpha value is -2.82. The molecule has 1 amide bonds. The van der Waals surface area contributed by atoms with Crippen LogP contribution in [0.2, 0.25) is 0 Å². The highest BCUT2D eigenvalue weighted by molar-refractivity contribution is 5.94. The van der Waals surface area contributed by atoms with Gasteiger partial charge < -0.3 is 9.84 Å². The summed E-state index contributed by atoms with van der Waals surface area (Å²) in [6.07, 6.45) is -0.422. The molecule has 1 heterocycles. The zero-order chi connectivity index (χ0) is 17.3. The van der Waals surface area contributed by atoms with Crippen LogP contribution in [0.25, 0.3) is 0 Å². The van der Waals surface area contributed by atoms with E-state index in [2.05, 4.69) is 0 Å². The van der Waals surface area contributed by atoms with E-state index in [1.54, 1.807) is 17.0 Å². The van der Waals surface area contributed by atoms with Gasteiger partial charge in [0.25, 0.3) is 0 Å². The predicted molar refractivity (Wildman–Crippen MR) is 90.4 cm³/mol. The maximum absolute atomic E-state index is 12.5. The van der Waals surface area contributed by atoms with E-state index in [-0.39, 0.29) is 17.6 Å². The zero-order valence-electron chi connectivity index (χ0n) is 13.7. The Morgan fingerprint density at radius 1 is 1.17 bits per heavy atom. The third-order valence-electron chi connectivity index (χ3n) is 4.24. The number of carboxylic acid groups (broad SMARTS) is 1. The van der Waals surface area contributed by atoms with Crippen molar-refractivity contribution in [3.63, 3.8) is 0 Å². The fourth-order valence-corrected chi connectivity index (χ4v) is 2.97. The number of ether oxygens (including phenoxy) is 1. The zero-order valence-corrected chi connectivity index (χ0v) is 13.7. The van der Waals surface area contributed by atoms with Gasteiger partial charge in [0.2, 0.25) is 0 Å². The van der Waals surface area contributed by atoms with Crippen LogP contribution in [0.1, 0.15) is 35.3 Å². The van der Waals surface area contributed by atoms with Crippen molar-refractivity contribution in [3.8, 4) is 0 Å². The first-order valence-corrected chi connectivity index (χ1v) is 7.74. The Morgan fingerprint density at radius 2 is 1.88 bits per heavy atom. The second-order valence-corrected chi connectivity index (χ2v) is 6.55. The molecule has 3 rings (SSSR count). The lowest BCUT2D eigenvalue weighted by Crippen LogP contribution is -2.34. The number of carbonyl (C=O) groups is 2. The fourth-order valence-electron chi connectivity index (χ4n) is 2.97. The van der Waals surface area contributed by atoms with Gasteiger partial charge in [0, 0.05) is 12.0 Å². The van der Waals surface area contributed by atoms with Gasteiger partial charge >= 0.3 is 12.1 Å². The largest absolute Gasteiger partial charge is 0.478 e. The van der Waals surface area contributed by atoms with Crippen LogP contribution in [-0.4, -0.2) is 23.7 Å². The van der Waals surface area contributed by atoms with Gasteiger partial charge in [0.1, 0.15) is 6.61 Å². The number of aromatic carboxylic acids is 1. The summed E-state index contributed by atoms with van der Waals surface area (Å²) < 4.78 is 5.41. The molecule has 5 heteroatoms. The molecule has 5 nitrogen and oxygen atoms in total.